The van der Waals surface area contributed by atoms with Crippen LogP contribution >= 0.6 is 28.3 Å². The average Bonchev–Trinajstić information content (AvgIpc) is 3.30. The summed E-state index contributed by atoms with van der Waals surface area (Å²) in [4.78, 5) is 37.3. The first-order chi connectivity index (χ1) is 10.5. The highest BCUT2D eigenvalue weighted by Crippen LogP contribution is 2.31. The van der Waals surface area contributed by atoms with Crippen LogP contribution < -0.4 is 11.1 Å². The van der Waals surface area contributed by atoms with Gasteiger partial charge in [0.25, 0.3) is 11.8 Å². The summed E-state index contributed by atoms with van der Waals surface area (Å²) < 4.78 is 0.717. The van der Waals surface area contributed by atoms with E-state index in [1.54, 1.807) is 18.2 Å². The van der Waals surface area contributed by atoms with Crippen molar-refractivity contribution in [2.24, 2.45) is 11.7 Å². The van der Waals surface area contributed by atoms with Crippen molar-refractivity contribution >= 4 is 46.1 Å². The van der Waals surface area contributed by atoms with Crippen molar-refractivity contribution in [3.63, 3.8) is 0 Å². The Morgan fingerprint density at radius 2 is 1.96 bits per heavy atom. The Morgan fingerprint density at radius 3 is 2.61 bits per heavy atom. The molecular weight excluding hydrogens is 386 g/mol. The normalized spacial score (nSPS) is 17.6. The summed E-state index contributed by atoms with van der Waals surface area (Å²) >= 11 is 3.27. The Hall–Kier alpha value is -1.44. The van der Waals surface area contributed by atoms with Gasteiger partial charge < -0.3 is 11.1 Å². The van der Waals surface area contributed by atoms with E-state index in [4.69, 9.17) is 5.73 Å². The average molecular weight is 403 g/mol. The van der Waals surface area contributed by atoms with Crippen molar-refractivity contribution in [3.05, 3.63) is 33.8 Å². The highest BCUT2D eigenvalue weighted by Gasteiger charge is 2.37. The van der Waals surface area contributed by atoms with Gasteiger partial charge in [-0.1, -0.05) is 15.9 Å². The predicted octanol–water partition coefficient (Wildman–Crippen LogP) is 1.32. The smallest absolute Gasteiger partial charge is 0.262 e. The molecule has 0 spiro atoms. The minimum atomic E-state index is -0.442. The van der Waals surface area contributed by atoms with E-state index in [0.717, 1.165) is 17.7 Å². The number of rotatable bonds is 5. The van der Waals surface area contributed by atoms with Gasteiger partial charge in [-0.2, -0.15) is 0 Å². The number of fused-ring (bicyclic) bond motifs is 1. The lowest BCUT2D eigenvalue weighted by molar-refractivity contribution is -0.121. The molecule has 6 nitrogen and oxygen atoms in total. The van der Waals surface area contributed by atoms with Crippen LogP contribution in [0.4, 0.5) is 0 Å². The van der Waals surface area contributed by atoms with Crippen molar-refractivity contribution < 1.29 is 14.4 Å². The van der Waals surface area contributed by atoms with Gasteiger partial charge in [0.2, 0.25) is 5.91 Å². The van der Waals surface area contributed by atoms with E-state index < -0.39 is 11.8 Å². The molecule has 0 aromatic heterocycles. The van der Waals surface area contributed by atoms with Crippen LogP contribution in [0.2, 0.25) is 0 Å². The molecular formula is C15H17BrClN3O3. The maximum Gasteiger partial charge on any atom is 0.262 e. The SMILES string of the molecule is Cl.NC(CNC(=O)CN1C(=O)c2ccc(Br)cc2C1=O)C1CC1. The molecule has 3 amide bonds. The zero-order chi connectivity index (χ0) is 15.9. The lowest BCUT2D eigenvalue weighted by atomic mass is 10.1. The van der Waals surface area contributed by atoms with Gasteiger partial charge in [0.1, 0.15) is 6.54 Å². The maximum absolute atomic E-state index is 12.2. The third kappa shape index (κ3) is 3.73. The fourth-order valence-corrected chi connectivity index (χ4v) is 2.89. The van der Waals surface area contributed by atoms with Crippen LogP contribution in [0.15, 0.2) is 22.7 Å². The fourth-order valence-electron chi connectivity index (χ4n) is 2.53. The van der Waals surface area contributed by atoms with E-state index in [2.05, 4.69) is 21.2 Å². The third-order valence-corrected chi connectivity index (χ3v) is 4.49. The number of carbonyl (C=O) groups is 3. The molecule has 2 aliphatic rings. The van der Waals surface area contributed by atoms with E-state index in [-0.39, 0.29) is 30.9 Å². The second kappa shape index (κ2) is 6.98. The maximum atomic E-state index is 12.2. The second-order valence-corrected chi connectivity index (χ2v) is 6.61. The summed E-state index contributed by atoms with van der Waals surface area (Å²) in [6.45, 7) is 0.0968. The molecule has 1 aromatic carbocycles. The summed E-state index contributed by atoms with van der Waals surface area (Å²) in [7, 11) is 0. The molecule has 23 heavy (non-hydrogen) atoms. The zero-order valence-corrected chi connectivity index (χ0v) is 14.7. The Labute approximate surface area is 148 Å². The van der Waals surface area contributed by atoms with E-state index in [0.29, 0.717) is 28.1 Å². The highest BCUT2D eigenvalue weighted by molar-refractivity contribution is 9.10. The Morgan fingerprint density at radius 1 is 1.30 bits per heavy atom. The molecule has 0 radical (unpaired) electrons. The molecule has 3 N–H and O–H groups in total. The van der Waals surface area contributed by atoms with Gasteiger partial charge in [-0.15, -0.1) is 12.4 Å². The van der Waals surface area contributed by atoms with Gasteiger partial charge in [-0.25, -0.2) is 0 Å². The number of amides is 3. The second-order valence-electron chi connectivity index (χ2n) is 5.69. The molecule has 1 atom stereocenters. The Balaban J connectivity index is 0.00000192. The minimum Gasteiger partial charge on any atom is -0.353 e. The van der Waals surface area contributed by atoms with Gasteiger partial charge in [-0.05, 0) is 37.0 Å². The molecule has 124 valence electrons. The Bertz CT molecular complexity index is 663. The van der Waals surface area contributed by atoms with Crippen molar-refractivity contribution in [2.75, 3.05) is 13.1 Å². The summed E-state index contributed by atoms with van der Waals surface area (Å²) in [5.74, 6) is -0.765. The summed E-state index contributed by atoms with van der Waals surface area (Å²) in [5.41, 5.74) is 6.56. The highest BCUT2D eigenvalue weighted by atomic mass is 79.9. The topological polar surface area (TPSA) is 92.5 Å². The lowest BCUT2D eigenvalue weighted by Crippen LogP contribution is -2.44. The van der Waals surface area contributed by atoms with Crippen molar-refractivity contribution in [2.45, 2.75) is 18.9 Å². The van der Waals surface area contributed by atoms with Crippen molar-refractivity contribution in [1.29, 1.82) is 0 Å². The molecule has 1 saturated carbocycles. The van der Waals surface area contributed by atoms with Crippen LogP contribution in [0.1, 0.15) is 33.6 Å². The van der Waals surface area contributed by atoms with Crippen molar-refractivity contribution in [1.82, 2.24) is 10.2 Å². The molecule has 1 aliphatic carbocycles. The van der Waals surface area contributed by atoms with Crippen LogP contribution in [0.3, 0.4) is 0 Å². The molecule has 3 rings (SSSR count). The lowest BCUT2D eigenvalue weighted by Gasteiger charge is -2.15. The van der Waals surface area contributed by atoms with Gasteiger partial charge in [0.15, 0.2) is 0 Å². The summed E-state index contributed by atoms with van der Waals surface area (Å²) in [5, 5.41) is 2.69. The largest absolute Gasteiger partial charge is 0.353 e. The molecule has 1 fully saturated rings. The first kappa shape index (κ1) is 17.9. The quantitative estimate of drug-likeness (QED) is 0.727. The molecule has 1 unspecified atom stereocenters. The summed E-state index contributed by atoms with van der Waals surface area (Å²) in [6.07, 6.45) is 2.20. The minimum absolute atomic E-state index is 0. The van der Waals surface area contributed by atoms with Gasteiger partial charge >= 0.3 is 0 Å². The number of carbonyl (C=O) groups excluding carboxylic acids is 3. The van der Waals surface area contributed by atoms with Crippen LogP contribution in [0, 0.1) is 5.92 Å². The van der Waals surface area contributed by atoms with Gasteiger partial charge in [0.05, 0.1) is 11.1 Å². The molecule has 1 aliphatic heterocycles. The number of nitrogens with one attached hydrogen (secondary N) is 1. The Kier molecular flexibility index (Phi) is 5.44. The van der Waals surface area contributed by atoms with E-state index >= 15 is 0 Å². The standard InChI is InChI=1S/C15H16BrN3O3.ClH/c16-9-3-4-10-11(5-9)15(22)19(14(10)21)7-13(20)18-6-12(17)8-1-2-8;/h3-5,8,12H,1-2,6-7,17H2,(H,18,20);1H. The van der Waals surface area contributed by atoms with E-state index in [9.17, 15) is 14.4 Å². The monoisotopic (exact) mass is 401 g/mol. The number of hydrogen-bond donors (Lipinski definition) is 2. The fraction of sp³-hybridized carbons (Fsp3) is 0.400. The number of hydrogen-bond acceptors (Lipinski definition) is 4. The van der Waals surface area contributed by atoms with Crippen LogP contribution in [-0.2, 0) is 4.79 Å². The van der Waals surface area contributed by atoms with Crippen molar-refractivity contribution in [3.8, 4) is 0 Å². The third-order valence-electron chi connectivity index (χ3n) is 4.00. The van der Waals surface area contributed by atoms with Crippen LogP contribution in [-0.4, -0.2) is 41.8 Å². The predicted molar refractivity (Wildman–Crippen MR) is 90.5 cm³/mol. The molecule has 8 heteroatoms. The first-order valence-corrected chi connectivity index (χ1v) is 7.94. The first-order valence-electron chi connectivity index (χ1n) is 7.15. The number of nitrogens with zero attached hydrogens (tertiary/aromatic N) is 1. The number of benzene rings is 1. The summed E-state index contributed by atoms with van der Waals surface area (Å²) in [6, 6.07) is 4.82. The van der Waals surface area contributed by atoms with Crippen LogP contribution in [0.25, 0.3) is 0 Å². The molecule has 0 bridgehead atoms. The number of nitrogens with two attached hydrogens (primary N) is 1. The van der Waals surface area contributed by atoms with E-state index in [1.807, 2.05) is 0 Å². The molecule has 0 saturated heterocycles. The van der Waals surface area contributed by atoms with E-state index in [1.165, 1.54) is 0 Å². The number of imide groups is 1. The molecule has 1 aromatic rings. The van der Waals surface area contributed by atoms with Gasteiger partial charge in [-0.3, -0.25) is 19.3 Å². The number of halogens is 2. The van der Waals surface area contributed by atoms with Crippen LogP contribution in [0.5, 0.6) is 0 Å². The molecule has 1 heterocycles. The zero-order valence-electron chi connectivity index (χ0n) is 12.3. The van der Waals surface area contributed by atoms with Gasteiger partial charge in [0, 0.05) is 17.1 Å².